The number of hydrogen-bond donors (Lipinski definition) is 1. The van der Waals surface area contributed by atoms with Crippen molar-refractivity contribution < 1.29 is 36.7 Å². The van der Waals surface area contributed by atoms with Crippen molar-refractivity contribution in [1.82, 2.24) is 4.90 Å². The maximum absolute atomic E-state index is 14.2. The first-order chi connectivity index (χ1) is 20.1. The second-order valence-electron chi connectivity index (χ2n) is 12.1. The van der Waals surface area contributed by atoms with Crippen LogP contribution in [0.3, 0.4) is 0 Å². The first kappa shape index (κ1) is 32.0. The van der Waals surface area contributed by atoms with E-state index in [2.05, 4.69) is 5.32 Å². The average Bonchev–Trinajstić information content (AvgIpc) is 3.23. The quantitative estimate of drug-likeness (QED) is 0.248. The summed E-state index contributed by atoms with van der Waals surface area (Å²) in [5, 5.41) is 2.65. The van der Waals surface area contributed by atoms with Gasteiger partial charge < -0.3 is 15.0 Å². The van der Waals surface area contributed by atoms with Gasteiger partial charge in [0.1, 0.15) is 11.4 Å². The topological polar surface area (TPSA) is 75.7 Å². The Hall–Kier alpha value is -3.95. The van der Waals surface area contributed by atoms with Crippen LogP contribution in [0, 0.1) is 23.6 Å². The highest BCUT2D eigenvalue weighted by Gasteiger charge is 2.47. The van der Waals surface area contributed by atoms with Gasteiger partial charge in [-0.15, -0.1) is 0 Å². The van der Waals surface area contributed by atoms with Gasteiger partial charge in [0.05, 0.1) is 18.4 Å². The number of carbonyl (C=O) groups is 3. The molecule has 1 aliphatic carbocycles. The van der Waals surface area contributed by atoms with Gasteiger partial charge in [-0.3, -0.25) is 14.4 Å². The minimum Gasteiger partial charge on any atom is -0.460 e. The van der Waals surface area contributed by atoms with Crippen molar-refractivity contribution in [2.45, 2.75) is 65.3 Å². The van der Waals surface area contributed by atoms with E-state index in [0.29, 0.717) is 28.8 Å². The van der Waals surface area contributed by atoms with Gasteiger partial charge in [0.15, 0.2) is 0 Å². The molecule has 0 spiro atoms. The summed E-state index contributed by atoms with van der Waals surface area (Å²) in [5.41, 5.74) is 1.79. The molecule has 4 rings (SSSR count). The van der Waals surface area contributed by atoms with Crippen molar-refractivity contribution in [2.75, 3.05) is 11.9 Å². The smallest absolute Gasteiger partial charge is 0.392 e. The number of benzene rings is 2. The van der Waals surface area contributed by atoms with E-state index in [4.69, 9.17) is 4.74 Å². The fraction of sp³-hybridized carbons (Fsp3) is 0.424. The van der Waals surface area contributed by atoms with E-state index in [-0.39, 0.29) is 37.8 Å². The lowest BCUT2D eigenvalue weighted by atomic mass is 9.77. The fourth-order valence-electron chi connectivity index (χ4n) is 5.43. The van der Waals surface area contributed by atoms with Crippen LogP contribution in [0.4, 0.5) is 23.2 Å². The Morgan fingerprint density at radius 2 is 1.84 bits per heavy atom. The minimum absolute atomic E-state index is 0.114. The Bertz CT molecular complexity index is 1440. The number of rotatable bonds is 9. The number of nitrogens with one attached hydrogen (secondary N) is 1. The summed E-state index contributed by atoms with van der Waals surface area (Å²) in [6.07, 6.45) is 0.995. The van der Waals surface area contributed by atoms with Crippen LogP contribution in [0.25, 0.3) is 0 Å². The summed E-state index contributed by atoms with van der Waals surface area (Å²) in [7, 11) is 0. The number of ether oxygens (including phenoxy) is 1. The van der Waals surface area contributed by atoms with Crippen LogP contribution >= 0.6 is 0 Å². The Morgan fingerprint density at radius 1 is 1.12 bits per heavy atom. The van der Waals surface area contributed by atoms with Crippen LogP contribution in [0.2, 0.25) is 0 Å². The lowest BCUT2D eigenvalue weighted by Gasteiger charge is -2.32. The molecular formula is C33H36F4N2O4. The maximum Gasteiger partial charge on any atom is 0.392 e. The van der Waals surface area contributed by atoms with Crippen molar-refractivity contribution in [2.24, 2.45) is 17.8 Å². The van der Waals surface area contributed by atoms with E-state index in [0.717, 1.165) is 12.5 Å². The molecule has 2 amide bonds. The van der Waals surface area contributed by atoms with E-state index < -0.39 is 41.3 Å². The second-order valence-corrected chi connectivity index (χ2v) is 12.1. The van der Waals surface area contributed by atoms with E-state index in [9.17, 15) is 31.9 Å². The van der Waals surface area contributed by atoms with Crippen LogP contribution in [0.5, 0.6) is 0 Å². The summed E-state index contributed by atoms with van der Waals surface area (Å²) in [6, 6.07) is 11.0. The van der Waals surface area contributed by atoms with E-state index in [1.165, 1.54) is 17.0 Å². The molecule has 2 aromatic rings. The molecule has 1 N–H and O–H groups in total. The third kappa shape index (κ3) is 8.12. The highest BCUT2D eigenvalue weighted by Crippen LogP contribution is 2.39. The van der Waals surface area contributed by atoms with E-state index in [1.807, 2.05) is 0 Å². The van der Waals surface area contributed by atoms with Gasteiger partial charge in [-0.05, 0) is 74.9 Å². The first-order valence-corrected chi connectivity index (χ1v) is 14.2. The van der Waals surface area contributed by atoms with Gasteiger partial charge in [-0.1, -0.05) is 43.4 Å². The number of aryl methyl sites for hydroxylation is 1. The Labute approximate surface area is 248 Å². The molecule has 0 bridgehead atoms. The predicted octanol–water partition coefficient (Wildman–Crippen LogP) is 7.01. The number of nitrogens with zero attached hydrogens (tertiary/aromatic N) is 1. The molecule has 0 saturated carbocycles. The molecule has 43 heavy (non-hydrogen) atoms. The molecule has 1 aliphatic heterocycles. The molecule has 1 unspecified atom stereocenters. The monoisotopic (exact) mass is 600 g/mol. The van der Waals surface area contributed by atoms with Crippen LogP contribution in [-0.4, -0.2) is 41.0 Å². The molecule has 2 aromatic carbocycles. The molecule has 3 atom stereocenters. The van der Waals surface area contributed by atoms with Gasteiger partial charge in [0.25, 0.3) is 5.91 Å². The van der Waals surface area contributed by atoms with Crippen LogP contribution < -0.4 is 5.32 Å². The molecule has 0 saturated heterocycles. The highest BCUT2D eigenvalue weighted by molar-refractivity contribution is 5.98. The summed E-state index contributed by atoms with van der Waals surface area (Å²) in [5.74, 6) is -5.96. The molecule has 230 valence electrons. The number of fused-ring (bicyclic) bond motifs is 1. The molecule has 6 nitrogen and oxygen atoms in total. The number of esters is 1. The Kier molecular flexibility index (Phi) is 9.47. The maximum atomic E-state index is 14.2. The SMILES string of the molecule is C[C@H]([C@H](C(=O)Nc1cccc(CCC(=O)OC(C)(C)C)c1)C1C=CC(CN2Cc3c(F)cccc3C2=O)=CC1)C(F)(F)F. The van der Waals surface area contributed by atoms with Gasteiger partial charge in [0.2, 0.25) is 5.91 Å². The van der Waals surface area contributed by atoms with Crippen molar-refractivity contribution in [3.63, 3.8) is 0 Å². The van der Waals surface area contributed by atoms with E-state index >= 15 is 0 Å². The molecule has 0 radical (unpaired) electrons. The number of halogens is 4. The van der Waals surface area contributed by atoms with Crippen molar-refractivity contribution in [1.29, 1.82) is 0 Å². The van der Waals surface area contributed by atoms with Crippen LogP contribution in [0.15, 0.2) is 66.3 Å². The predicted molar refractivity (Wildman–Crippen MR) is 154 cm³/mol. The van der Waals surface area contributed by atoms with Crippen molar-refractivity contribution in [3.05, 3.63) is 88.8 Å². The highest BCUT2D eigenvalue weighted by atomic mass is 19.4. The summed E-state index contributed by atoms with van der Waals surface area (Å²) in [4.78, 5) is 39.7. The average molecular weight is 601 g/mol. The fourth-order valence-corrected chi connectivity index (χ4v) is 5.43. The normalized spacial score (nSPS) is 18.1. The zero-order chi connectivity index (χ0) is 31.5. The second kappa shape index (κ2) is 12.7. The summed E-state index contributed by atoms with van der Waals surface area (Å²) in [6.45, 7) is 6.61. The van der Waals surface area contributed by atoms with Crippen LogP contribution in [0.1, 0.15) is 62.0 Å². The molecule has 2 aliphatic rings. The third-order valence-corrected chi connectivity index (χ3v) is 7.62. The molecule has 1 heterocycles. The Morgan fingerprint density at radius 3 is 2.47 bits per heavy atom. The first-order valence-electron chi connectivity index (χ1n) is 14.2. The number of amides is 2. The molecular weight excluding hydrogens is 564 g/mol. The lowest BCUT2D eigenvalue weighted by molar-refractivity contribution is -0.188. The largest absolute Gasteiger partial charge is 0.460 e. The molecule has 0 aromatic heterocycles. The van der Waals surface area contributed by atoms with Gasteiger partial charge in [-0.2, -0.15) is 13.2 Å². The summed E-state index contributed by atoms with van der Waals surface area (Å²) < 4.78 is 61.2. The van der Waals surface area contributed by atoms with Crippen LogP contribution in [-0.2, 0) is 27.3 Å². The van der Waals surface area contributed by atoms with Crippen molar-refractivity contribution >= 4 is 23.5 Å². The Balaban J connectivity index is 1.42. The number of carbonyl (C=O) groups excluding carboxylic acids is 3. The number of allylic oxidation sites excluding steroid dienone is 2. The van der Waals surface area contributed by atoms with Gasteiger partial charge in [0, 0.05) is 29.8 Å². The summed E-state index contributed by atoms with van der Waals surface area (Å²) >= 11 is 0. The standard InChI is InChI=1S/C33H36F4N2O4/c1-20(33(35,36)37)29(30(41)38-24-8-5-7-21(17-24)13-16-28(40)43-32(2,3)4)23-14-11-22(12-15-23)18-39-19-26-25(31(39)42)9-6-10-27(26)34/h5-12,14,17,20,23,29H,13,15-16,18-19H2,1-4H3,(H,38,41)/t20-,23?,29+/m1/s1. The van der Waals surface area contributed by atoms with Gasteiger partial charge in [-0.25, -0.2) is 4.39 Å². The van der Waals surface area contributed by atoms with E-state index in [1.54, 1.807) is 69.3 Å². The third-order valence-electron chi connectivity index (χ3n) is 7.62. The number of anilines is 1. The number of hydrogen-bond acceptors (Lipinski definition) is 4. The molecule has 0 fully saturated rings. The minimum atomic E-state index is -4.60. The van der Waals surface area contributed by atoms with Gasteiger partial charge >= 0.3 is 12.1 Å². The molecule has 10 heteroatoms. The zero-order valence-electron chi connectivity index (χ0n) is 24.6. The zero-order valence-corrected chi connectivity index (χ0v) is 24.6. The lowest BCUT2D eigenvalue weighted by Crippen LogP contribution is -2.40. The number of alkyl halides is 3. The van der Waals surface area contributed by atoms with Crippen molar-refractivity contribution in [3.8, 4) is 0 Å².